The van der Waals surface area contributed by atoms with Gasteiger partial charge in [-0.25, -0.2) is 4.79 Å². The molecule has 25 heavy (non-hydrogen) atoms. The number of carbonyl (C=O) groups excluding carboxylic acids is 2. The van der Waals surface area contributed by atoms with Crippen molar-refractivity contribution in [1.82, 2.24) is 4.90 Å². The van der Waals surface area contributed by atoms with E-state index in [0.717, 1.165) is 25.5 Å². The van der Waals surface area contributed by atoms with Crippen LogP contribution in [0.1, 0.15) is 36.3 Å². The van der Waals surface area contributed by atoms with Crippen molar-refractivity contribution in [1.29, 1.82) is 0 Å². The summed E-state index contributed by atoms with van der Waals surface area (Å²) in [6.07, 6.45) is 3.12. The molecule has 0 N–H and O–H groups in total. The van der Waals surface area contributed by atoms with Crippen LogP contribution >= 0.6 is 0 Å². The summed E-state index contributed by atoms with van der Waals surface area (Å²) in [6.45, 7) is 0.898. The van der Waals surface area contributed by atoms with Gasteiger partial charge < -0.3 is 9.53 Å². The molecule has 0 saturated carbocycles. The fraction of sp³-hybridized carbons (Fsp3) is 0.333. The third kappa shape index (κ3) is 2.82. The molecule has 4 rings (SSSR count). The van der Waals surface area contributed by atoms with Gasteiger partial charge in [0.2, 0.25) is 0 Å². The van der Waals surface area contributed by atoms with E-state index >= 15 is 0 Å². The maximum atomic E-state index is 12.5. The first-order chi connectivity index (χ1) is 12.3. The summed E-state index contributed by atoms with van der Waals surface area (Å²) < 4.78 is 5.64. The minimum Gasteiger partial charge on any atom is -0.448 e. The van der Waals surface area contributed by atoms with Crippen molar-refractivity contribution >= 4 is 12.4 Å². The summed E-state index contributed by atoms with van der Waals surface area (Å²) in [4.78, 5) is 25.3. The largest absolute Gasteiger partial charge is 0.448 e. The van der Waals surface area contributed by atoms with Gasteiger partial charge in [-0.2, -0.15) is 0 Å². The number of likely N-dealkylation sites (tertiary alicyclic amines) is 1. The second-order valence-corrected chi connectivity index (χ2v) is 6.70. The van der Waals surface area contributed by atoms with Gasteiger partial charge in [0.05, 0.1) is 6.04 Å². The quantitative estimate of drug-likeness (QED) is 0.797. The van der Waals surface area contributed by atoms with Gasteiger partial charge in [-0.05, 0) is 41.5 Å². The van der Waals surface area contributed by atoms with Crippen molar-refractivity contribution < 1.29 is 14.3 Å². The lowest BCUT2D eigenvalue weighted by Gasteiger charge is -2.31. The zero-order chi connectivity index (χ0) is 17.2. The predicted octanol–water partition coefficient (Wildman–Crippen LogP) is 3.99. The Labute approximate surface area is 147 Å². The van der Waals surface area contributed by atoms with Crippen LogP contribution in [0.2, 0.25) is 0 Å². The number of benzene rings is 2. The lowest BCUT2D eigenvalue weighted by atomic mass is 9.98. The lowest BCUT2D eigenvalue weighted by Crippen LogP contribution is -2.45. The van der Waals surface area contributed by atoms with Crippen LogP contribution in [0.4, 0.5) is 4.79 Å². The Kier molecular flexibility index (Phi) is 4.26. The van der Waals surface area contributed by atoms with Gasteiger partial charge >= 0.3 is 6.09 Å². The average molecular weight is 335 g/mol. The van der Waals surface area contributed by atoms with Crippen molar-refractivity contribution in [3.8, 4) is 11.1 Å². The first kappa shape index (κ1) is 15.9. The van der Waals surface area contributed by atoms with Crippen molar-refractivity contribution in [2.75, 3.05) is 13.2 Å². The van der Waals surface area contributed by atoms with E-state index in [1.165, 1.54) is 22.3 Å². The van der Waals surface area contributed by atoms with E-state index in [2.05, 4.69) is 24.3 Å². The highest BCUT2D eigenvalue weighted by Gasteiger charge is 2.31. The van der Waals surface area contributed by atoms with Gasteiger partial charge in [0.1, 0.15) is 12.9 Å². The standard InChI is InChI=1S/C21H21NO3/c23-13-15-7-5-6-12-22(15)21(24)25-14-20-18-10-3-1-8-16(18)17-9-2-4-11-19(17)20/h1-4,8-11,13,15,20H,5-7,12,14H2/t15-/m0/s1. The fourth-order valence-electron chi connectivity index (χ4n) is 4.00. The Hall–Kier alpha value is -2.62. The molecule has 1 aliphatic heterocycles. The molecule has 0 aromatic heterocycles. The number of hydrogen-bond donors (Lipinski definition) is 0. The van der Waals surface area contributed by atoms with Gasteiger partial charge in [0, 0.05) is 12.5 Å². The molecule has 2 aliphatic rings. The summed E-state index contributed by atoms with van der Waals surface area (Å²) in [6, 6.07) is 16.2. The van der Waals surface area contributed by atoms with Crippen LogP contribution in [-0.4, -0.2) is 36.5 Å². The second-order valence-electron chi connectivity index (χ2n) is 6.70. The molecule has 0 unspecified atom stereocenters. The molecular formula is C21H21NO3. The molecule has 1 heterocycles. The van der Waals surface area contributed by atoms with Crippen LogP contribution < -0.4 is 0 Å². The highest BCUT2D eigenvalue weighted by molar-refractivity contribution is 5.79. The SMILES string of the molecule is O=C[C@@H]1CCCCN1C(=O)OCC1c2ccccc2-c2ccccc21. The Morgan fingerprint density at radius 2 is 1.68 bits per heavy atom. The smallest absolute Gasteiger partial charge is 0.410 e. The molecule has 0 radical (unpaired) electrons. The summed E-state index contributed by atoms with van der Waals surface area (Å²) in [7, 11) is 0. The Morgan fingerprint density at radius 3 is 2.32 bits per heavy atom. The number of carbonyl (C=O) groups is 2. The molecule has 0 spiro atoms. The number of fused-ring (bicyclic) bond motifs is 3. The Morgan fingerprint density at radius 1 is 1.04 bits per heavy atom. The van der Waals surface area contributed by atoms with E-state index < -0.39 is 0 Å². The zero-order valence-electron chi connectivity index (χ0n) is 14.1. The molecule has 1 saturated heterocycles. The molecule has 0 bridgehead atoms. The molecule has 2 aromatic rings. The van der Waals surface area contributed by atoms with Gasteiger partial charge in [0.15, 0.2) is 0 Å². The minimum atomic E-state index is -0.376. The van der Waals surface area contributed by atoms with Gasteiger partial charge in [0.25, 0.3) is 0 Å². The van der Waals surface area contributed by atoms with Crippen LogP contribution in [0.25, 0.3) is 11.1 Å². The maximum absolute atomic E-state index is 12.5. The normalized spacial score (nSPS) is 19.2. The number of aldehydes is 1. The van der Waals surface area contributed by atoms with Crippen molar-refractivity contribution in [2.24, 2.45) is 0 Å². The molecule has 1 amide bonds. The molecular weight excluding hydrogens is 314 g/mol. The molecule has 4 heteroatoms. The molecule has 4 nitrogen and oxygen atoms in total. The first-order valence-electron chi connectivity index (χ1n) is 8.86. The van der Waals surface area contributed by atoms with Crippen LogP contribution in [0.3, 0.4) is 0 Å². The van der Waals surface area contributed by atoms with Gasteiger partial charge in [-0.3, -0.25) is 4.90 Å². The number of amides is 1. The molecule has 1 aliphatic carbocycles. The van der Waals surface area contributed by atoms with E-state index in [-0.39, 0.29) is 18.1 Å². The molecule has 1 atom stereocenters. The summed E-state index contributed by atoms with van der Waals surface area (Å²) >= 11 is 0. The molecule has 2 aromatic carbocycles. The van der Waals surface area contributed by atoms with Gasteiger partial charge in [-0.1, -0.05) is 48.5 Å². The third-order valence-corrected chi connectivity index (χ3v) is 5.28. The summed E-state index contributed by atoms with van der Waals surface area (Å²) in [5, 5.41) is 0. The number of nitrogens with zero attached hydrogens (tertiary/aromatic N) is 1. The highest BCUT2D eigenvalue weighted by atomic mass is 16.6. The number of ether oxygens (including phenoxy) is 1. The number of hydrogen-bond acceptors (Lipinski definition) is 3. The zero-order valence-corrected chi connectivity index (χ0v) is 14.1. The predicted molar refractivity (Wildman–Crippen MR) is 95.5 cm³/mol. The number of rotatable bonds is 3. The minimum absolute atomic E-state index is 0.0517. The second kappa shape index (κ2) is 6.71. The first-order valence-corrected chi connectivity index (χ1v) is 8.86. The van der Waals surface area contributed by atoms with E-state index in [0.29, 0.717) is 13.2 Å². The lowest BCUT2D eigenvalue weighted by molar-refractivity contribution is -0.113. The molecule has 128 valence electrons. The van der Waals surface area contributed by atoms with Crippen LogP contribution in [0.15, 0.2) is 48.5 Å². The Bertz CT molecular complexity index is 756. The average Bonchev–Trinajstić information content (AvgIpc) is 3.00. The fourth-order valence-corrected chi connectivity index (χ4v) is 4.00. The van der Waals surface area contributed by atoms with E-state index in [1.807, 2.05) is 24.3 Å². The van der Waals surface area contributed by atoms with Crippen molar-refractivity contribution in [3.63, 3.8) is 0 Å². The van der Waals surface area contributed by atoms with Crippen LogP contribution in [0, 0.1) is 0 Å². The third-order valence-electron chi connectivity index (χ3n) is 5.28. The van der Waals surface area contributed by atoms with Crippen molar-refractivity contribution in [3.05, 3.63) is 59.7 Å². The Balaban J connectivity index is 1.53. The topological polar surface area (TPSA) is 46.6 Å². The molecule has 1 fully saturated rings. The van der Waals surface area contributed by atoms with E-state index in [4.69, 9.17) is 4.74 Å². The summed E-state index contributed by atoms with van der Waals surface area (Å²) in [5.41, 5.74) is 4.81. The van der Waals surface area contributed by atoms with E-state index in [1.54, 1.807) is 4.90 Å². The maximum Gasteiger partial charge on any atom is 0.410 e. The van der Waals surface area contributed by atoms with Gasteiger partial charge in [-0.15, -0.1) is 0 Å². The number of piperidine rings is 1. The van der Waals surface area contributed by atoms with Crippen LogP contribution in [-0.2, 0) is 9.53 Å². The monoisotopic (exact) mass is 335 g/mol. The van der Waals surface area contributed by atoms with Crippen molar-refractivity contribution in [2.45, 2.75) is 31.2 Å². The van der Waals surface area contributed by atoms with E-state index in [9.17, 15) is 9.59 Å². The van der Waals surface area contributed by atoms with Crippen LogP contribution in [0.5, 0.6) is 0 Å². The highest BCUT2D eigenvalue weighted by Crippen LogP contribution is 2.44. The summed E-state index contributed by atoms with van der Waals surface area (Å²) in [5.74, 6) is 0.0517.